The van der Waals surface area contributed by atoms with Crippen LogP contribution < -0.4 is 4.74 Å². The Morgan fingerprint density at radius 3 is 2.21 bits per heavy atom. The van der Waals surface area contributed by atoms with E-state index in [0.717, 1.165) is 5.56 Å². The van der Waals surface area contributed by atoms with Gasteiger partial charge < -0.3 is 14.5 Å². The van der Waals surface area contributed by atoms with Gasteiger partial charge >= 0.3 is 0 Å². The molecule has 1 heterocycles. The number of benzene rings is 2. The van der Waals surface area contributed by atoms with E-state index in [0.29, 0.717) is 51.3 Å². The Hall–Kier alpha value is -2.89. The lowest BCUT2D eigenvalue weighted by atomic mass is 9.75. The topological polar surface area (TPSA) is 49.9 Å². The zero-order valence-corrected chi connectivity index (χ0v) is 20.1. The van der Waals surface area contributed by atoms with E-state index in [2.05, 4.69) is 0 Å². The zero-order valence-electron chi connectivity index (χ0n) is 20.1. The van der Waals surface area contributed by atoms with Gasteiger partial charge in [0.25, 0.3) is 0 Å². The van der Waals surface area contributed by atoms with Crippen LogP contribution in [0.3, 0.4) is 0 Å². The molecule has 178 valence electrons. The van der Waals surface area contributed by atoms with Crippen molar-refractivity contribution >= 4 is 11.8 Å². The van der Waals surface area contributed by atoms with E-state index < -0.39 is 5.41 Å². The molecule has 0 unspecified atom stereocenters. The minimum atomic E-state index is -0.434. The van der Waals surface area contributed by atoms with E-state index in [4.69, 9.17) is 4.74 Å². The van der Waals surface area contributed by atoms with Crippen LogP contribution in [-0.4, -0.2) is 48.4 Å². The fraction of sp³-hybridized carbons (Fsp3) is 0.481. The number of halogens is 1. The van der Waals surface area contributed by atoms with Gasteiger partial charge in [0.2, 0.25) is 11.8 Å². The summed E-state index contributed by atoms with van der Waals surface area (Å²) in [6.07, 6.45) is 1.71. The molecule has 5 nitrogen and oxygen atoms in total. The molecular formula is C27H35FN2O3. The molecule has 2 aromatic carbocycles. The fourth-order valence-electron chi connectivity index (χ4n) is 4.20. The van der Waals surface area contributed by atoms with Crippen molar-refractivity contribution in [3.8, 4) is 5.75 Å². The maximum absolute atomic E-state index is 13.3. The molecule has 1 saturated heterocycles. The Morgan fingerprint density at radius 2 is 1.64 bits per heavy atom. The van der Waals surface area contributed by atoms with E-state index in [1.165, 1.54) is 12.1 Å². The monoisotopic (exact) mass is 454 g/mol. The smallest absolute Gasteiger partial charge is 0.227 e. The molecule has 0 aromatic heterocycles. The predicted molar refractivity (Wildman–Crippen MR) is 127 cm³/mol. The second-order valence-corrected chi connectivity index (χ2v) is 10.2. The van der Waals surface area contributed by atoms with Crippen molar-refractivity contribution in [1.82, 2.24) is 9.80 Å². The first kappa shape index (κ1) is 24.7. The summed E-state index contributed by atoms with van der Waals surface area (Å²) in [5.74, 6) is 0.443. The largest absolute Gasteiger partial charge is 0.493 e. The first-order valence-electron chi connectivity index (χ1n) is 11.5. The number of hydrogen-bond donors (Lipinski definition) is 0. The number of rotatable bonds is 7. The lowest BCUT2D eigenvalue weighted by molar-refractivity contribution is -0.143. The third kappa shape index (κ3) is 6.80. The summed E-state index contributed by atoms with van der Waals surface area (Å²) >= 11 is 0. The van der Waals surface area contributed by atoms with Gasteiger partial charge in [-0.25, -0.2) is 4.39 Å². The van der Waals surface area contributed by atoms with Gasteiger partial charge in [-0.1, -0.05) is 51.1 Å². The number of hydrogen-bond acceptors (Lipinski definition) is 3. The summed E-state index contributed by atoms with van der Waals surface area (Å²) in [6.45, 7) is 7.87. The molecule has 0 N–H and O–H groups in total. The molecular weight excluding hydrogens is 419 g/mol. The average Bonchev–Trinajstić information content (AvgIpc) is 2.79. The molecule has 2 amide bonds. The van der Waals surface area contributed by atoms with Gasteiger partial charge in [0.15, 0.2) is 0 Å². The molecule has 1 aliphatic heterocycles. The van der Waals surface area contributed by atoms with Crippen molar-refractivity contribution in [2.24, 2.45) is 10.8 Å². The van der Waals surface area contributed by atoms with Gasteiger partial charge in [-0.3, -0.25) is 9.59 Å². The number of likely N-dealkylation sites (tertiary alicyclic amines) is 1. The van der Waals surface area contributed by atoms with Gasteiger partial charge in [0.1, 0.15) is 11.6 Å². The molecule has 0 radical (unpaired) electrons. The van der Waals surface area contributed by atoms with Crippen LogP contribution in [0.5, 0.6) is 5.75 Å². The van der Waals surface area contributed by atoms with Crippen LogP contribution in [0.2, 0.25) is 0 Å². The molecule has 1 aliphatic rings. The van der Waals surface area contributed by atoms with Crippen molar-refractivity contribution in [3.05, 3.63) is 66.0 Å². The van der Waals surface area contributed by atoms with Gasteiger partial charge in [0, 0.05) is 43.9 Å². The fourth-order valence-corrected chi connectivity index (χ4v) is 4.20. The van der Waals surface area contributed by atoms with Gasteiger partial charge in [0.05, 0.1) is 6.61 Å². The quantitative estimate of drug-likeness (QED) is 0.597. The third-order valence-electron chi connectivity index (χ3n) is 6.33. The van der Waals surface area contributed by atoms with Gasteiger partial charge in [-0.2, -0.15) is 0 Å². The Morgan fingerprint density at radius 1 is 1.03 bits per heavy atom. The first-order valence-corrected chi connectivity index (χ1v) is 11.5. The third-order valence-corrected chi connectivity index (χ3v) is 6.33. The number of nitrogens with zero attached hydrogens (tertiary/aromatic N) is 2. The first-order chi connectivity index (χ1) is 15.6. The van der Waals surface area contributed by atoms with E-state index >= 15 is 0 Å². The predicted octanol–water partition coefficient (Wildman–Crippen LogP) is 4.91. The SMILES string of the molecule is CN(Cc1ccccc1)C(=O)CC1(COc2ccc(F)cc2)CCN(C(=O)C(C)(C)C)CC1. The van der Waals surface area contributed by atoms with Crippen LogP contribution in [-0.2, 0) is 16.1 Å². The van der Waals surface area contributed by atoms with Crippen LogP contribution in [0.15, 0.2) is 54.6 Å². The van der Waals surface area contributed by atoms with Crippen LogP contribution in [0.4, 0.5) is 4.39 Å². The summed E-state index contributed by atoms with van der Waals surface area (Å²) in [5.41, 5.74) is 0.261. The Kier molecular flexibility index (Phi) is 7.77. The Bertz CT molecular complexity index is 930. The summed E-state index contributed by atoms with van der Waals surface area (Å²) in [5, 5.41) is 0. The number of amides is 2. The molecule has 0 spiro atoms. The molecule has 2 aromatic rings. The highest BCUT2D eigenvalue weighted by Gasteiger charge is 2.41. The van der Waals surface area contributed by atoms with Crippen molar-refractivity contribution in [2.75, 3.05) is 26.7 Å². The summed E-state index contributed by atoms with van der Waals surface area (Å²) in [6, 6.07) is 15.8. The normalized spacial score (nSPS) is 15.7. The number of carbonyl (C=O) groups excluding carboxylic acids is 2. The average molecular weight is 455 g/mol. The Labute approximate surface area is 196 Å². The second kappa shape index (κ2) is 10.4. The number of piperidine rings is 1. The van der Waals surface area contributed by atoms with E-state index in [1.807, 2.05) is 63.1 Å². The summed E-state index contributed by atoms with van der Waals surface area (Å²) < 4.78 is 19.3. The highest BCUT2D eigenvalue weighted by molar-refractivity contribution is 5.81. The van der Waals surface area contributed by atoms with Crippen LogP contribution in [0.1, 0.15) is 45.6 Å². The second-order valence-electron chi connectivity index (χ2n) is 10.2. The highest BCUT2D eigenvalue weighted by atomic mass is 19.1. The molecule has 1 fully saturated rings. The molecule has 0 bridgehead atoms. The van der Waals surface area contributed by atoms with E-state index in [9.17, 15) is 14.0 Å². The summed E-state index contributed by atoms with van der Waals surface area (Å²) in [7, 11) is 1.82. The molecule has 33 heavy (non-hydrogen) atoms. The lowest BCUT2D eigenvalue weighted by Crippen LogP contribution is -2.50. The molecule has 0 aliphatic carbocycles. The van der Waals surface area contributed by atoms with E-state index in [-0.39, 0.29) is 23.0 Å². The van der Waals surface area contributed by atoms with Crippen molar-refractivity contribution < 1.29 is 18.7 Å². The molecule has 6 heteroatoms. The van der Waals surface area contributed by atoms with Crippen LogP contribution in [0.25, 0.3) is 0 Å². The lowest BCUT2D eigenvalue weighted by Gasteiger charge is -2.43. The van der Waals surface area contributed by atoms with Gasteiger partial charge in [-0.15, -0.1) is 0 Å². The van der Waals surface area contributed by atoms with Crippen LogP contribution >= 0.6 is 0 Å². The zero-order chi connectivity index (χ0) is 24.1. The van der Waals surface area contributed by atoms with Crippen molar-refractivity contribution in [1.29, 1.82) is 0 Å². The number of ether oxygens (including phenoxy) is 1. The number of carbonyl (C=O) groups is 2. The molecule has 0 saturated carbocycles. The molecule has 0 atom stereocenters. The van der Waals surface area contributed by atoms with Crippen LogP contribution in [0, 0.1) is 16.6 Å². The van der Waals surface area contributed by atoms with E-state index in [1.54, 1.807) is 17.0 Å². The minimum Gasteiger partial charge on any atom is -0.493 e. The molecule has 3 rings (SSSR count). The van der Waals surface area contributed by atoms with Crippen molar-refractivity contribution in [2.45, 2.75) is 46.6 Å². The van der Waals surface area contributed by atoms with Crippen molar-refractivity contribution in [3.63, 3.8) is 0 Å². The minimum absolute atomic E-state index is 0.0529. The van der Waals surface area contributed by atoms with Gasteiger partial charge in [-0.05, 0) is 42.7 Å². The maximum Gasteiger partial charge on any atom is 0.227 e. The highest BCUT2D eigenvalue weighted by Crippen LogP contribution is 2.37. The summed E-state index contributed by atoms with van der Waals surface area (Å²) in [4.78, 5) is 29.6. The maximum atomic E-state index is 13.3. The Balaban J connectivity index is 1.70. The standard InChI is InChI=1S/C27H35FN2O3/c1-26(2,3)25(32)30-16-14-27(15-17-30,20-33-23-12-10-22(28)11-13-23)18-24(31)29(4)19-21-8-6-5-7-9-21/h5-13H,14-20H2,1-4H3.